The Hall–Kier alpha value is -1.99. The highest BCUT2D eigenvalue weighted by Gasteiger charge is 2.16. The van der Waals surface area contributed by atoms with Crippen molar-refractivity contribution in [3.63, 3.8) is 0 Å². The number of pyridine rings is 1. The Kier molecular flexibility index (Phi) is 4.31. The van der Waals surface area contributed by atoms with Gasteiger partial charge in [-0.05, 0) is 29.8 Å². The van der Waals surface area contributed by atoms with Crippen LogP contribution in [0.25, 0.3) is 0 Å². The van der Waals surface area contributed by atoms with Crippen LogP contribution >= 0.6 is 0 Å². The molecular formula is C13H13FN2O3S. The predicted molar refractivity (Wildman–Crippen MR) is 71.2 cm³/mol. The van der Waals surface area contributed by atoms with Crippen molar-refractivity contribution in [1.82, 2.24) is 4.98 Å². The van der Waals surface area contributed by atoms with Gasteiger partial charge >= 0.3 is 0 Å². The Morgan fingerprint density at radius 2 is 2.10 bits per heavy atom. The van der Waals surface area contributed by atoms with Crippen molar-refractivity contribution in [3.05, 3.63) is 54.1 Å². The number of sulfonamides is 1. The molecule has 0 aliphatic heterocycles. The van der Waals surface area contributed by atoms with Gasteiger partial charge in [0.2, 0.25) is 10.0 Å². The molecule has 0 atom stereocenters. The first-order chi connectivity index (χ1) is 9.47. The molecule has 2 aromatic rings. The lowest BCUT2D eigenvalue weighted by atomic mass is 10.2. The van der Waals surface area contributed by atoms with E-state index in [1.165, 1.54) is 6.07 Å². The average molecular weight is 296 g/mol. The predicted octanol–water partition coefficient (Wildman–Crippen LogP) is 1.49. The number of hydrogen-bond donors (Lipinski definition) is 1. The maximum absolute atomic E-state index is 13.1. The minimum absolute atomic E-state index is 0.0396. The Morgan fingerprint density at radius 3 is 2.75 bits per heavy atom. The SMILES string of the molecule is NS(=O)(=O)c1cc(F)ccc1OCCc1cccnc1. The number of aromatic nitrogens is 1. The summed E-state index contributed by atoms with van der Waals surface area (Å²) in [5.41, 5.74) is 0.951. The first-order valence-corrected chi connectivity index (χ1v) is 7.35. The summed E-state index contributed by atoms with van der Waals surface area (Å²) in [5.74, 6) is -0.647. The molecule has 2 N–H and O–H groups in total. The summed E-state index contributed by atoms with van der Waals surface area (Å²) < 4.78 is 41.2. The molecule has 1 aromatic heterocycles. The van der Waals surface area contributed by atoms with Crippen LogP contribution < -0.4 is 9.88 Å². The third kappa shape index (κ3) is 3.75. The minimum atomic E-state index is -4.03. The molecule has 0 amide bonds. The number of rotatable bonds is 5. The summed E-state index contributed by atoms with van der Waals surface area (Å²) in [6.45, 7) is 0.236. The van der Waals surface area contributed by atoms with Gasteiger partial charge in [0.15, 0.2) is 0 Å². The van der Waals surface area contributed by atoms with Gasteiger partial charge in [-0.3, -0.25) is 4.98 Å². The normalized spacial score (nSPS) is 11.3. The molecule has 0 spiro atoms. The molecule has 20 heavy (non-hydrogen) atoms. The van der Waals surface area contributed by atoms with Crippen LogP contribution in [0.2, 0.25) is 0 Å². The molecule has 106 valence electrons. The molecule has 5 nitrogen and oxygen atoms in total. The second-order valence-corrected chi connectivity index (χ2v) is 5.63. The fourth-order valence-corrected chi connectivity index (χ4v) is 2.33. The van der Waals surface area contributed by atoms with Crippen molar-refractivity contribution in [2.75, 3.05) is 6.61 Å². The second-order valence-electron chi connectivity index (χ2n) is 4.10. The third-order valence-electron chi connectivity index (χ3n) is 2.58. The smallest absolute Gasteiger partial charge is 0.241 e. The van der Waals surface area contributed by atoms with E-state index in [1.54, 1.807) is 18.5 Å². The van der Waals surface area contributed by atoms with Crippen LogP contribution in [0, 0.1) is 5.82 Å². The van der Waals surface area contributed by atoms with E-state index in [0.29, 0.717) is 6.42 Å². The highest BCUT2D eigenvalue weighted by molar-refractivity contribution is 7.89. The van der Waals surface area contributed by atoms with Gasteiger partial charge in [0.1, 0.15) is 16.5 Å². The Balaban J connectivity index is 2.10. The second kappa shape index (κ2) is 5.98. The number of nitrogens with zero attached hydrogens (tertiary/aromatic N) is 1. The maximum atomic E-state index is 13.1. The first-order valence-electron chi connectivity index (χ1n) is 5.81. The van der Waals surface area contributed by atoms with E-state index in [9.17, 15) is 12.8 Å². The summed E-state index contributed by atoms with van der Waals surface area (Å²) in [5, 5.41) is 5.02. The molecule has 0 unspecified atom stereocenters. The van der Waals surface area contributed by atoms with E-state index in [4.69, 9.17) is 9.88 Å². The largest absolute Gasteiger partial charge is 0.492 e. The van der Waals surface area contributed by atoms with E-state index in [-0.39, 0.29) is 17.3 Å². The summed E-state index contributed by atoms with van der Waals surface area (Å²) in [7, 11) is -4.03. The number of halogens is 1. The lowest BCUT2D eigenvalue weighted by molar-refractivity contribution is 0.312. The van der Waals surface area contributed by atoms with Gasteiger partial charge in [0, 0.05) is 18.8 Å². The van der Waals surface area contributed by atoms with Crippen molar-refractivity contribution < 1.29 is 17.5 Å². The molecular weight excluding hydrogens is 283 g/mol. The van der Waals surface area contributed by atoms with Gasteiger partial charge in [0.25, 0.3) is 0 Å². The monoisotopic (exact) mass is 296 g/mol. The van der Waals surface area contributed by atoms with Crippen molar-refractivity contribution >= 4 is 10.0 Å². The molecule has 1 heterocycles. The number of nitrogens with two attached hydrogens (primary N) is 1. The van der Waals surface area contributed by atoms with E-state index >= 15 is 0 Å². The molecule has 1 aromatic carbocycles. The molecule has 0 saturated carbocycles. The molecule has 0 aliphatic rings. The van der Waals surface area contributed by atoms with Crippen LogP contribution in [0.5, 0.6) is 5.75 Å². The number of benzene rings is 1. The van der Waals surface area contributed by atoms with Crippen LogP contribution in [0.3, 0.4) is 0 Å². The van der Waals surface area contributed by atoms with Gasteiger partial charge in [-0.15, -0.1) is 0 Å². The zero-order valence-corrected chi connectivity index (χ0v) is 11.3. The zero-order chi connectivity index (χ0) is 14.6. The van der Waals surface area contributed by atoms with Crippen molar-refractivity contribution in [1.29, 1.82) is 0 Å². The van der Waals surface area contributed by atoms with E-state index in [1.807, 2.05) is 6.07 Å². The van der Waals surface area contributed by atoms with E-state index < -0.39 is 15.8 Å². The first kappa shape index (κ1) is 14.4. The molecule has 0 saturated heterocycles. The molecule has 0 radical (unpaired) electrons. The lowest BCUT2D eigenvalue weighted by Gasteiger charge is -2.10. The number of hydrogen-bond acceptors (Lipinski definition) is 4. The van der Waals surface area contributed by atoms with Crippen molar-refractivity contribution in [2.45, 2.75) is 11.3 Å². The number of ether oxygens (including phenoxy) is 1. The Labute approximate surface area is 116 Å². The maximum Gasteiger partial charge on any atom is 0.241 e. The zero-order valence-electron chi connectivity index (χ0n) is 10.5. The highest BCUT2D eigenvalue weighted by Crippen LogP contribution is 2.23. The molecule has 2 rings (SSSR count). The Morgan fingerprint density at radius 1 is 1.30 bits per heavy atom. The van der Waals surface area contributed by atoms with Crippen LogP contribution in [0.1, 0.15) is 5.56 Å². The summed E-state index contributed by atoms with van der Waals surface area (Å²) in [6, 6.07) is 6.88. The van der Waals surface area contributed by atoms with Gasteiger partial charge in [-0.1, -0.05) is 6.07 Å². The standard InChI is InChI=1S/C13H13FN2O3S/c14-11-3-4-12(13(8-11)20(15,17)18)19-7-5-10-2-1-6-16-9-10/h1-4,6,8-9H,5,7H2,(H2,15,17,18). The third-order valence-corrected chi connectivity index (χ3v) is 3.52. The topological polar surface area (TPSA) is 82.3 Å². The Bertz CT molecular complexity index is 690. The number of primary sulfonamides is 1. The fraction of sp³-hybridized carbons (Fsp3) is 0.154. The highest BCUT2D eigenvalue weighted by atomic mass is 32.2. The lowest BCUT2D eigenvalue weighted by Crippen LogP contribution is -2.15. The van der Waals surface area contributed by atoms with Gasteiger partial charge in [0.05, 0.1) is 6.61 Å². The van der Waals surface area contributed by atoms with Crippen LogP contribution in [-0.4, -0.2) is 20.0 Å². The molecule has 0 fully saturated rings. The fourth-order valence-electron chi connectivity index (χ4n) is 1.65. The van der Waals surface area contributed by atoms with Gasteiger partial charge in [-0.2, -0.15) is 0 Å². The molecule has 0 aliphatic carbocycles. The van der Waals surface area contributed by atoms with E-state index in [0.717, 1.165) is 17.7 Å². The quantitative estimate of drug-likeness (QED) is 0.906. The van der Waals surface area contributed by atoms with Crippen LogP contribution in [0.15, 0.2) is 47.6 Å². The average Bonchev–Trinajstić information content (AvgIpc) is 2.40. The minimum Gasteiger partial charge on any atom is -0.492 e. The summed E-state index contributed by atoms with van der Waals surface area (Å²) >= 11 is 0. The molecule has 0 bridgehead atoms. The van der Waals surface area contributed by atoms with E-state index in [2.05, 4.69) is 4.98 Å². The molecule has 7 heteroatoms. The van der Waals surface area contributed by atoms with Gasteiger partial charge in [-0.25, -0.2) is 17.9 Å². The summed E-state index contributed by atoms with van der Waals surface area (Å²) in [4.78, 5) is 3.60. The summed E-state index contributed by atoms with van der Waals surface area (Å²) in [6.07, 6.45) is 3.90. The van der Waals surface area contributed by atoms with Gasteiger partial charge < -0.3 is 4.74 Å². The van der Waals surface area contributed by atoms with Crippen molar-refractivity contribution in [3.8, 4) is 5.75 Å². The van der Waals surface area contributed by atoms with Crippen LogP contribution in [0.4, 0.5) is 4.39 Å². The van der Waals surface area contributed by atoms with Crippen molar-refractivity contribution in [2.24, 2.45) is 5.14 Å². The van der Waals surface area contributed by atoms with Crippen LogP contribution in [-0.2, 0) is 16.4 Å².